The number of rotatable bonds is 9. The van der Waals surface area contributed by atoms with Crippen LogP contribution in [0, 0.1) is 0 Å². The van der Waals surface area contributed by atoms with Gasteiger partial charge in [0.1, 0.15) is 0 Å². The van der Waals surface area contributed by atoms with E-state index in [1.54, 1.807) is 0 Å². The van der Waals surface area contributed by atoms with Gasteiger partial charge < -0.3 is 4.90 Å². The van der Waals surface area contributed by atoms with Crippen LogP contribution in [0.4, 0.5) is 17.1 Å². The molecule has 0 aliphatic heterocycles. The lowest BCUT2D eigenvalue weighted by atomic mass is 9.77. The molecule has 0 N–H and O–H groups in total. The Bertz CT molecular complexity index is 3730. The molecule has 1 nitrogen and oxygen atoms in total. The second kappa shape index (κ2) is 17.3. The Labute approximate surface area is 417 Å². The van der Waals surface area contributed by atoms with Gasteiger partial charge in [0.2, 0.25) is 0 Å². The van der Waals surface area contributed by atoms with Crippen molar-refractivity contribution in [3.8, 4) is 77.9 Å². The van der Waals surface area contributed by atoms with Crippen molar-refractivity contribution >= 4 is 17.1 Å². The number of nitrogens with zero attached hydrogens (tertiary/aromatic N) is 1. The summed E-state index contributed by atoms with van der Waals surface area (Å²) in [6.45, 7) is 4.85. The molecule has 0 amide bonds. The Morgan fingerprint density at radius 2 is 0.732 bits per heavy atom. The lowest BCUT2D eigenvalue weighted by molar-refractivity contribution is 0.662. The molecular weight excluding hydrogens is 855 g/mol. The lowest BCUT2D eigenvalue weighted by Crippen LogP contribution is -2.18. The summed E-state index contributed by atoms with van der Waals surface area (Å²) < 4.78 is 0. The van der Waals surface area contributed by atoms with Gasteiger partial charge in [0.15, 0.2) is 0 Å². The molecule has 0 bridgehead atoms. The van der Waals surface area contributed by atoms with E-state index in [1.165, 1.54) is 106 Å². The highest BCUT2D eigenvalue weighted by atomic mass is 15.1. The third-order valence-corrected chi connectivity index (χ3v) is 15.1. The van der Waals surface area contributed by atoms with Gasteiger partial charge in [0.05, 0.1) is 0 Å². The Balaban J connectivity index is 0.981. The summed E-state index contributed by atoms with van der Waals surface area (Å²) in [4.78, 5) is 2.46. The van der Waals surface area contributed by atoms with Crippen molar-refractivity contribution in [2.24, 2.45) is 0 Å². The van der Waals surface area contributed by atoms with Gasteiger partial charge in [-0.3, -0.25) is 0 Å². The monoisotopic (exact) mass is 905 g/mol. The van der Waals surface area contributed by atoms with Crippen LogP contribution in [-0.2, 0) is 5.41 Å². The second-order valence-electron chi connectivity index (χ2n) is 19.6. The molecule has 336 valence electrons. The van der Waals surface area contributed by atoms with Gasteiger partial charge in [-0.2, -0.15) is 0 Å². The van der Waals surface area contributed by atoms with Gasteiger partial charge in [0, 0.05) is 28.4 Å². The average molecular weight is 906 g/mol. The SMILES string of the molecule is CC1(C)c2cc(N(c3ccc(-c4ccccc4)cc3)c3ccc(-c4ccc5c(c4)-c4ccccc4C5c4ccccc4)cc3)cc(-c3ccccc3)c2-c2cc(-c3ccccc3)cc(-c3ccccc3)c21. The van der Waals surface area contributed by atoms with Crippen LogP contribution in [0.25, 0.3) is 77.9 Å². The molecule has 0 heterocycles. The van der Waals surface area contributed by atoms with Crippen molar-refractivity contribution in [3.63, 3.8) is 0 Å². The Morgan fingerprint density at radius 1 is 0.296 bits per heavy atom. The molecule has 71 heavy (non-hydrogen) atoms. The van der Waals surface area contributed by atoms with Crippen LogP contribution >= 0.6 is 0 Å². The quantitative estimate of drug-likeness (QED) is 0.139. The van der Waals surface area contributed by atoms with Gasteiger partial charge in [-0.15, -0.1) is 0 Å². The highest BCUT2D eigenvalue weighted by molar-refractivity contribution is 6.00. The van der Waals surface area contributed by atoms with Crippen LogP contribution in [0.5, 0.6) is 0 Å². The van der Waals surface area contributed by atoms with E-state index in [4.69, 9.17) is 0 Å². The molecule has 0 saturated heterocycles. The molecule has 1 heteroatoms. The summed E-state index contributed by atoms with van der Waals surface area (Å²) in [6, 6.07) is 98.6. The zero-order valence-corrected chi connectivity index (χ0v) is 39.9. The van der Waals surface area contributed by atoms with Gasteiger partial charge in [-0.25, -0.2) is 0 Å². The first-order valence-electron chi connectivity index (χ1n) is 24.9. The van der Waals surface area contributed by atoms with E-state index < -0.39 is 0 Å². The van der Waals surface area contributed by atoms with Crippen LogP contribution in [0.15, 0.2) is 267 Å². The summed E-state index contributed by atoms with van der Waals surface area (Å²) in [5.74, 6) is 0.224. The fourth-order valence-corrected chi connectivity index (χ4v) is 11.7. The molecule has 11 aromatic carbocycles. The van der Waals surface area contributed by atoms with Gasteiger partial charge in [-0.1, -0.05) is 226 Å². The molecule has 13 rings (SSSR count). The minimum Gasteiger partial charge on any atom is -0.310 e. The fourth-order valence-electron chi connectivity index (χ4n) is 11.7. The Hall–Kier alpha value is -8.78. The zero-order valence-electron chi connectivity index (χ0n) is 39.9. The third-order valence-electron chi connectivity index (χ3n) is 15.1. The Kier molecular flexibility index (Phi) is 10.3. The summed E-state index contributed by atoms with van der Waals surface area (Å²) in [7, 11) is 0. The van der Waals surface area contributed by atoms with Crippen molar-refractivity contribution < 1.29 is 0 Å². The molecule has 0 radical (unpaired) electrons. The van der Waals surface area contributed by atoms with Crippen LogP contribution in [0.1, 0.15) is 47.6 Å². The number of benzene rings is 11. The van der Waals surface area contributed by atoms with Gasteiger partial charge in [-0.05, 0) is 160 Å². The Morgan fingerprint density at radius 3 is 1.34 bits per heavy atom. The smallest absolute Gasteiger partial charge is 0.0471 e. The van der Waals surface area contributed by atoms with E-state index in [1.807, 2.05) is 0 Å². The summed E-state index contributed by atoms with van der Waals surface area (Å²) in [5.41, 5.74) is 27.1. The van der Waals surface area contributed by atoms with E-state index in [9.17, 15) is 0 Å². The van der Waals surface area contributed by atoms with Crippen molar-refractivity contribution in [2.75, 3.05) is 4.90 Å². The van der Waals surface area contributed by atoms with Gasteiger partial charge >= 0.3 is 0 Å². The molecule has 0 aromatic heterocycles. The van der Waals surface area contributed by atoms with Crippen molar-refractivity contribution in [1.29, 1.82) is 0 Å². The van der Waals surface area contributed by atoms with Crippen LogP contribution in [0.3, 0.4) is 0 Å². The highest BCUT2D eigenvalue weighted by Gasteiger charge is 2.41. The van der Waals surface area contributed by atoms with E-state index in [2.05, 4.69) is 286 Å². The summed E-state index contributed by atoms with van der Waals surface area (Å²) in [5, 5.41) is 0. The van der Waals surface area contributed by atoms with Crippen LogP contribution in [0.2, 0.25) is 0 Å². The third kappa shape index (κ3) is 7.32. The molecule has 1 unspecified atom stereocenters. The van der Waals surface area contributed by atoms with Crippen molar-refractivity contribution in [2.45, 2.75) is 25.2 Å². The standard InChI is InChI=1S/C70H51N/c1-70(2)66-46-58(45-62(51-24-12-5-13-25-51)68(66)65-44-55(48-22-10-4-11-23-48)43-63(69(65)70)52-26-14-6-15-27-52)71(56-37-32-49(33-38-56)47-20-8-3-9-21-47)57-39-34-50(35-40-57)54-36-41-61-64(42-54)59-30-18-19-31-60(59)67(61)53-28-16-7-17-29-53/h3-46,67H,1-2H3. The van der Waals surface area contributed by atoms with Crippen molar-refractivity contribution in [3.05, 3.63) is 295 Å². The molecule has 2 aliphatic carbocycles. The molecular formula is C70H51N. The number of anilines is 3. The summed E-state index contributed by atoms with van der Waals surface area (Å²) in [6.07, 6.45) is 0. The van der Waals surface area contributed by atoms with E-state index in [0.29, 0.717) is 0 Å². The van der Waals surface area contributed by atoms with Crippen LogP contribution in [-0.4, -0.2) is 0 Å². The molecule has 0 spiro atoms. The predicted molar refractivity (Wildman–Crippen MR) is 299 cm³/mol. The van der Waals surface area contributed by atoms with Crippen LogP contribution < -0.4 is 4.90 Å². The largest absolute Gasteiger partial charge is 0.310 e. The average Bonchev–Trinajstić information content (AvgIpc) is 3.89. The normalized spacial score (nSPS) is 13.7. The number of hydrogen-bond acceptors (Lipinski definition) is 1. The predicted octanol–water partition coefficient (Wildman–Crippen LogP) is 19.0. The number of hydrogen-bond donors (Lipinski definition) is 0. The van der Waals surface area contributed by atoms with E-state index in [-0.39, 0.29) is 11.3 Å². The van der Waals surface area contributed by atoms with Gasteiger partial charge in [0.25, 0.3) is 0 Å². The minimum atomic E-state index is -0.330. The molecule has 0 fully saturated rings. The maximum absolute atomic E-state index is 2.48. The molecule has 2 aliphatic rings. The number of fused-ring (bicyclic) bond motifs is 6. The maximum atomic E-state index is 2.48. The first-order valence-corrected chi connectivity index (χ1v) is 24.9. The molecule has 11 aromatic rings. The molecule has 0 saturated carbocycles. The topological polar surface area (TPSA) is 3.24 Å². The maximum Gasteiger partial charge on any atom is 0.0471 e. The fraction of sp³-hybridized carbons (Fsp3) is 0.0571. The molecule has 1 atom stereocenters. The second-order valence-corrected chi connectivity index (χ2v) is 19.6. The highest BCUT2D eigenvalue weighted by Crippen LogP contribution is 2.58. The van der Waals surface area contributed by atoms with E-state index >= 15 is 0 Å². The zero-order chi connectivity index (χ0) is 47.5. The van der Waals surface area contributed by atoms with E-state index in [0.717, 1.165) is 17.1 Å². The first kappa shape index (κ1) is 42.3. The first-order chi connectivity index (χ1) is 35.0. The lowest BCUT2D eigenvalue weighted by Gasteiger charge is -2.30. The minimum absolute atomic E-state index is 0.224. The van der Waals surface area contributed by atoms with Crippen molar-refractivity contribution in [1.82, 2.24) is 0 Å². The summed E-state index contributed by atoms with van der Waals surface area (Å²) >= 11 is 0.